The molecule has 16 heavy (non-hydrogen) atoms. The number of alkyl halides is 1. The lowest BCUT2D eigenvalue weighted by Gasteiger charge is -2.10. The summed E-state index contributed by atoms with van der Waals surface area (Å²) < 4.78 is 6.72. The molecule has 0 spiro atoms. The van der Waals surface area contributed by atoms with Gasteiger partial charge in [0.1, 0.15) is 0 Å². The molecule has 0 bridgehead atoms. The third kappa shape index (κ3) is 2.04. The molecular formula is C11H13BrN2O2. The van der Waals surface area contributed by atoms with Crippen molar-refractivity contribution in [3.05, 3.63) is 28.9 Å². The summed E-state index contributed by atoms with van der Waals surface area (Å²) in [5, 5.41) is 0.870. The molecule has 0 amide bonds. The first-order valence-corrected chi connectivity index (χ1v) is 6.38. The van der Waals surface area contributed by atoms with Crippen molar-refractivity contribution in [2.75, 3.05) is 5.33 Å². The Bertz CT molecular complexity index is 528. The Kier molecular flexibility index (Phi) is 3.43. The summed E-state index contributed by atoms with van der Waals surface area (Å²) in [5.74, 6) is 0.0913. The summed E-state index contributed by atoms with van der Waals surface area (Å²) in [7, 11) is 0. The number of aromatic nitrogens is 2. The monoisotopic (exact) mass is 284 g/mol. The van der Waals surface area contributed by atoms with Gasteiger partial charge in [0.05, 0.1) is 0 Å². The van der Waals surface area contributed by atoms with Gasteiger partial charge < -0.3 is 4.42 Å². The smallest absolute Gasteiger partial charge is 0.406 e. The molecule has 5 heteroatoms. The van der Waals surface area contributed by atoms with Crippen molar-refractivity contribution in [2.24, 2.45) is 5.92 Å². The minimum absolute atomic E-state index is 0.326. The molecule has 0 N–H and O–H groups in total. The lowest BCUT2D eigenvalue weighted by Crippen LogP contribution is -2.20. The first-order chi connectivity index (χ1) is 7.76. The van der Waals surface area contributed by atoms with E-state index in [0.717, 1.165) is 11.8 Å². The molecule has 0 aliphatic rings. The minimum atomic E-state index is -0.326. The lowest BCUT2D eigenvalue weighted by atomic mass is 10.1. The number of oxazole rings is 1. The van der Waals surface area contributed by atoms with Crippen molar-refractivity contribution in [3.8, 4) is 0 Å². The maximum Gasteiger partial charge on any atom is 0.421 e. The number of rotatable bonds is 4. The summed E-state index contributed by atoms with van der Waals surface area (Å²) in [5.41, 5.74) is 1.18. The van der Waals surface area contributed by atoms with Gasteiger partial charge in [0.2, 0.25) is 0 Å². The number of pyridine rings is 1. The van der Waals surface area contributed by atoms with E-state index in [0.29, 0.717) is 23.7 Å². The maximum absolute atomic E-state index is 11.6. The van der Waals surface area contributed by atoms with Gasteiger partial charge >= 0.3 is 5.76 Å². The average Bonchev–Trinajstić information content (AvgIpc) is 2.62. The summed E-state index contributed by atoms with van der Waals surface area (Å²) in [4.78, 5) is 15.8. The predicted molar refractivity (Wildman–Crippen MR) is 65.8 cm³/mol. The van der Waals surface area contributed by atoms with E-state index in [4.69, 9.17) is 4.42 Å². The number of halogens is 1. The summed E-state index contributed by atoms with van der Waals surface area (Å²) in [6.07, 6.45) is 2.68. The predicted octanol–water partition coefficient (Wildman–Crippen LogP) is 2.41. The van der Waals surface area contributed by atoms with E-state index >= 15 is 0 Å². The normalized spacial score (nSPS) is 13.1. The van der Waals surface area contributed by atoms with Crippen LogP contribution in [0.1, 0.15) is 13.3 Å². The van der Waals surface area contributed by atoms with Gasteiger partial charge in [-0.2, -0.15) is 0 Å². The second kappa shape index (κ2) is 4.82. The molecule has 86 valence electrons. The highest BCUT2D eigenvalue weighted by Gasteiger charge is 2.13. The number of fused-ring (bicyclic) bond motifs is 1. The van der Waals surface area contributed by atoms with Gasteiger partial charge in [0.15, 0.2) is 11.2 Å². The molecular weight excluding hydrogens is 272 g/mol. The fraction of sp³-hybridized carbons (Fsp3) is 0.455. The molecule has 0 aliphatic carbocycles. The Hall–Kier alpha value is -1.10. The molecule has 0 radical (unpaired) electrons. The van der Waals surface area contributed by atoms with Crippen LogP contribution >= 0.6 is 15.9 Å². The maximum atomic E-state index is 11.6. The van der Waals surface area contributed by atoms with E-state index in [1.165, 1.54) is 0 Å². The molecule has 1 unspecified atom stereocenters. The van der Waals surface area contributed by atoms with Gasteiger partial charge in [0, 0.05) is 18.1 Å². The van der Waals surface area contributed by atoms with Crippen molar-refractivity contribution in [1.82, 2.24) is 9.55 Å². The van der Waals surface area contributed by atoms with Gasteiger partial charge in [-0.3, -0.25) is 4.57 Å². The van der Waals surface area contributed by atoms with Gasteiger partial charge in [-0.15, -0.1) is 0 Å². The quantitative estimate of drug-likeness (QED) is 0.810. The fourth-order valence-corrected chi connectivity index (χ4v) is 2.27. The standard InChI is InChI=1S/C11H13BrN2O2/c1-2-8(6-12)7-14-10-9(16-11(14)15)4-3-5-13-10/h3-5,8H,2,6-7H2,1H3. The highest BCUT2D eigenvalue weighted by atomic mass is 79.9. The zero-order valence-electron chi connectivity index (χ0n) is 9.02. The third-order valence-corrected chi connectivity index (χ3v) is 3.58. The third-order valence-electron chi connectivity index (χ3n) is 2.66. The highest BCUT2D eigenvalue weighted by molar-refractivity contribution is 9.09. The van der Waals surface area contributed by atoms with E-state index in [-0.39, 0.29) is 5.76 Å². The van der Waals surface area contributed by atoms with Crippen molar-refractivity contribution in [3.63, 3.8) is 0 Å². The van der Waals surface area contributed by atoms with Crippen LogP contribution in [0.25, 0.3) is 11.2 Å². The molecule has 1 atom stereocenters. The van der Waals surface area contributed by atoms with Crippen LogP contribution in [0.2, 0.25) is 0 Å². The van der Waals surface area contributed by atoms with Crippen LogP contribution in [0, 0.1) is 5.92 Å². The largest absolute Gasteiger partial charge is 0.421 e. The Morgan fingerprint density at radius 2 is 2.44 bits per heavy atom. The van der Waals surface area contributed by atoms with Crippen LogP contribution in [0.4, 0.5) is 0 Å². The number of hydrogen-bond acceptors (Lipinski definition) is 3. The topological polar surface area (TPSA) is 48.0 Å². The average molecular weight is 285 g/mol. The molecule has 0 saturated carbocycles. The Balaban J connectivity index is 2.43. The van der Waals surface area contributed by atoms with Crippen molar-refractivity contribution in [2.45, 2.75) is 19.9 Å². The van der Waals surface area contributed by atoms with Crippen molar-refractivity contribution >= 4 is 27.2 Å². The van der Waals surface area contributed by atoms with Crippen LogP contribution < -0.4 is 5.76 Å². The first-order valence-electron chi connectivity index (χ1n) is 5.26. The Morgan fingerprint density at radius 1 is 1.62 bits per heavy atom. The van der Waals surface area contributed by atoms with Crippen LogP contribution in [-0.4, -0.2) is 14.9 Å². The van der Waals surface area contributed by atoms with E-state index < -0.39 is 0 Å². The van der Waals surface area contributed by atoms with Crippen LogP contribution in [0.5, 0.6) is 0 Å². The molecule has 2 aromatic rings. The van der Waals surface area contributed by atoms with Gasteiger partial charge in [-0.1, -0.05) is 29.3 Å². The van der Waals surface area contributed by atoms with Gasteiger partial charge in [0.25, 0.3) is 0 Å². The summed E-state index contributed by atoms with van der Waals surface area (Å²) in [6, 6.07) is 3.52. The number of nitrogens with zero attached hydrogens (tertiary/aromatic N) is 2. The van der Waals surface area contributed by atoms with Gasteiger partial charge in [-0.25, -0.2) is 9.78 Å². The molecule has 0 aromatic carbocycles. The second-order valence-electron chi connectivity index (χ2n) is 3.73. The van der Waals surface area contributed by atoms with Crippen LogP contribution in [0.15, 0.2) is 27.5 Å². The highest BCUT2D eigenvalue weighted by Crippen LogP contribution is 2.14. The Labute approximate surface area is 101 Å². The SMILES string of the molecule is CCC(CBr)Cn1c(=O)oc2cccnc21. The zero-order valence-corrected chi connectivity index (χ0v) is 10.6. The molecule has 0 fully saturated rings. The van der Waals surface area contributed by atoms with Crippen molar-refractivity contribution in [1.29, 1.82) is 0 Å². The van der Waals surface area contributed by atoms with E-state index in [9.17, 15) is 4.79 Å². The summed E-state index contributed by atoms with van der Waals surface area (Å²) in [6.45, 7) is 2.75. The minimum Gasteiger partial charge on any atom is -0.406 e. The summed E-state index contributed by atoms with van der Waals surface area (Å²) >= 11 is 3.44. The van der Waals surface area contributed by atoms with E-state index in [2.05, 4.69) is 27.8 Å². The molecule has 2 heterocycles. The molecule has 0 aliphatic heterocycles. The fourth-order valence-electron chi connectivity index (χ4n) is 1.61. The van der Waals surface area contributed by atoms with Crippen LogP contribution in [0.3, 0.4) is 0 Å². The molecule has 2 rings (SSSR count). The van der Waals surface area contributed by atoms with Gasteiger partial charge in [-0.05, 0) is 18.1 Å². The second-order valence-corrected chi connectivity index (χ2v) is 4.38. The molecule has 0 saturated heterocycles. The first kappa shape index (κ1) is 11.4. The van der Waals surface area contributed by atoms with Crippen molar-refractivity contribution < 1.29 is 4.42 Å². The molecule has 2 aromatic heterocycles. The number of hydrogen-bond donors (Lipinski definition) is 0. The van der Waals surface area contributed by atoms with E-state index in [1.807, 2.05) is 0 Å². The Morgan fingerprint density at radius 3 is 3.12 bits per heavy atom. The van der Waals surface area contributed by atoms with Crippen LogP contribution in [-0.2, 0) is 6.54 Å². The zero-order chi connectivity index (χ0) is 11.5. The molecule has 4 nitrogen and oxygen atoms in total. The van der Waals surface area contributed by atoms with E-state index in [1.54, 1.807) is 22.9 Å². The lowest BCUT2D eigenvalue weighted by molar-refractivity contribution is 0.436.